The van der Waals surface area contributed by atoms with Crippen LogP contribution in [-0.2, 0) is 14.3 Å². The van der Waals surface area contributed by atoms with E-state index in [9.17, 15) is 14.4 Å². The summed E-state index contributed by atoms with van der Waals surface area (Å²) in [6, 6.07) is 2.20. The van der Waals surface area contributed by atoms with Crippen LogP contribution in [0.25, 0.3) is 0 Å². The van der Waals surface area contributed by atoms with E-state index in [1.54, 1.807) is 6.92 Å². The fourth-order valence-corrected chi connectivity index (χ4v) is 2.36. The molecule has 0 aromatic heterocycles. The van der Waals surface area contributed by atoms with Crippen LogP contribution in [0, 0.1) is 0 Å². The first-order valence-corrected chi connectivity index (χ1v) is 8.68. The minimum atomic E-state index is -0.725. The Morgan fingerprint density at radius 1 is 1.22 bits per heavy atom. The van der Waals surface area contributed by atoms with Crippen molar-refractivity contribution in [3.05, 3.63) is 17.7 Å². The van der Waals surface area contributed by atoms with Gasteiger partial charge in [-0.25, -0.2) is 4.79 Å². The van der Waals surface area contributed by atoms with Crippen LogP contribution in [0.5, 0.6) is 17.2 Å². The molecule has 9 nitrogen and oxygen atoms in total. The first kappa shape index (κ1) is 20.3. The van der Waals surface area contributed by atoms with Crippen LogP contribution < -0.4 is 24.8 Å². The van der Waals surface area contributed by atoms with E-state index in [2.05, 4.69) is 10.6 Å². The van der Waals surface area contributed by atoms with Crippen molar-refractivity contribution in [1.82, 2.24) is 10.6 Å². The predicted molar refractivity (Wildman–Crippen MR) is 95.2 cm³/mol. The molecule has 9 heteroatoms. The number of hydrogen-bond acceptors (Lipinski definition) is 7. The summed E-state index contributed by atoms with van der Waals surface area (Å²) in [5, 5.41) is 5.14. The average molecular weight is 380 g/mol. The van der Waals surface area contributed by atoms with Gasteiger partial charge in [-0.3, -0.25) is 9.59 Å². The monoisotopic (exact) mass is 380 g/mol. The number of benzene rings is 1. The Balaban J connectivity index is 1.92. The molecule has 2 amide bonds. The second-order valence-electron chi connectivity index (χ2n) is 5.86. The van der Waals surface area contributed by atoms with Gasteiger partial charge in [0.25, 0.3) is 5.91 Å². The standard InChI is InChI=1S/C18H24N2O7/c1-4-5-19-17(22)11(2)20-15(21)10-27-18(23)12-8-13(24-3)16-14(9-12)25-6-7-26-16/h8-9,11H,4-7,10H2,1-3H3,(H,19,22)(H,20,21)/t11-/m0/s1. The van der Waals surface area contributed by atoms with Gasteiger partial charge in [0, 0.05) is 6.54 Å². The molecule has 148 valence electrons. The number of fused-ring (bicyclic) bond motifs is 1. The van der Waals surface area contributed by atoms with Crippen molar-refractivity contribution in [2.75, 3.05) is 33.5 Å². The van der Waals surface area contributed by atoms with Crippen LogP contribution in [-0.4, -0.2) is 57.3 Å². The second kappa shape index (κ2) is 9.65. The van der Waals surface area contributed by atoms with Crippen molar-refractivity contribution >= 4 is 17.8 Å². The molecule has 0 bridgehead atoms. The Hall–Kier alpha value is -2.97. The number of nitrogens with one attached hydrogen (secondary N) is 2. The Bertz CT molecular complexity index is 688. The van der Waals surface area contributed by atoms with Gasteiger partial charge in [0.05, 0.1) is 12.7 Å². The van der Waals surface area contributed by atoms with Gasteiger partial charge in [0.1, 0.15) is 19.3 Å². The van der Waals surface area contributed by atoms with Crippen molar-refractivity contribution in [3.63, 3.8) is 0 Å². The molecule has 0 saturated heterocycles. The highest BCUT2D eigenvalue weighted by molar-refractivity contribution is 5.93. The highest BCUT2D eigenvalue weighted by Crippen LogP contribution is 2.40. The fraction of sp³-hybridized carbons (Fsp3) is 0.500. The van der Waals surface area contributed by atoms with E-state index in [1.807, 2.05) is 6.92 Å². The summed E-state index contributed by atoms with van der Waals surface area (Å²) in [4.78, 5) is 35.8. The summed E-state index contributed by atoms with van der Waals surface area (Å²) in [5.74, 6) is -0.461. The minimum Gasteiger partial charge on any atom is -0.493 e. The summed E-state index contributed by atoms with van der Waals surface area (Å²) in [5.41, 5.74) is 0.164. The molecule has 1 heterocycles. The third-order valence-electron chi connectivity index (χ3n) is 3.72. The number of esters is 1. The molecular weight excluding hydrogens is 356 g/mol. The summed E-state index contributed by atoms with van der Waals surface area (Å²) >= 11 is 0. The molecule has 2 N–H and O–H groups in total. The normalized spacial score (nSPS) is 13.3. The summed E-state index contributed by atoms with van der Waals surface area (Å²) in [6.07, 6.45) is 0.795. The van der Waals surface area contributed by atoms with Gasteiger partial charge in [-0.1, -0.05) is 6.92 Å². The van der Waals surface area contributed by atoms with Crippen LogP contribution in [0.4, 0.5) is 0 Å². The zero-order valence-corrected chi connectivity index (χ0v) is 15.6. The maximum atomic E-state index is 12.2. The first-order chi connectivity index (χ1) is 13.0. The van der Waals surface area contributed by atoms with Gasteiger partial charge >= 0.3 is 5.97 Å². The fourth-order valence-electron chi connectivity index (χ4n) is 2.36. The van der Waals surface area contributed by atoms with Crippen LogP contribution in [0.3, 0.4) is 0 Å². The largest absolute Gasteiger partial charge is 0.493 e. The van der Waals surface area contributed by atoms with E-state index in [0.717, 1.165) is 6.42 Å². The number of amides is 2. The molecule has 0 radical (unpaired) electrons. The van der Waals surface area contributed by atoms with Gasteiger partial charge in [-0.2, -0.15) is 0 Å². The summed E-state index contributed by atoms with van der Waals surface area (Å²) < 4.78 is 21.1. The van der Waals surface area contributed by atoms with E-state index in [0.29, 0.717) is 37.0 Å². The topological polar surface area (TPSA) is 112 Å². The van der Waals surface area contributed by atoms with Crippen molar-refractivity contribution in [2.45, 2.75) is 26.3 Å². The van der Waals surface area contributed by atoms with Crippen LogP contribution in [0.2, 0.25) is 0 Å². The Kier molecular flexibility index (Phi) is 7.27. The molecule has 27 heavy (non-hydrogen) atoms. The SMILES string of the molecule is CCCNC(=O)[C@H](C)NC(=O)COC(=O)c1cc(OC)c2c(c1)OCCO2. The van der Waals surface area contributed by atoms with Crippen LogP contribution >= 0.6 is 0 Å². The lowest BCUT2D eigenvalue weighted by Crippen LogP contribution is -2.46. The molecule has 1 aliphatic heterocycles. The van der Waals surface area contributed by atoms with Crippen molar-refractivity contribution in [1.29, 1.82) is 0 Å². The van der Waals surface area contributed by atoms with E-state index in [-0.39, 0.29) is 11.5 Å². The zero-order chi connectivity index (χ0) is 19.8. The van der Waals surface area contributed by atoms with E-state index < -0.39 is 24.5 Å². The zero-order valence-electron chi connectivity index (χ0n) is 15.6. The summed E-state index contributed by atoms with van der Waals surface area (Å²) in [7, 11) is 1.45. The smallest absolute Gasteiger partial charge is 0.338 e. The van der Waals surface area contributed by atoms with E-state index in [1.165, 1.54) is 19.2 Å². The Labute approximate surface area is 157 Å². The molecule has 1 atom stereocenters. The van der Waals surface area contributed by atoms with Crippen molar-refractivity contribution in [2.24, 2.45) is 0 Å². The minimum absolute atomic E-state index is 0.164. The molecule has 1 aromatic rings. The maximum Gasteiger partial charge on any atom is 0.338 e. The molecule has 0 saturated carbocycles. The predicted octanol–water partition coefficient (Wildman–Crippen LogP) is 0.654. The van der Waals surface area contributed by atoms with Gasteiger partial charge in [0.15, 0.2) is 18.1 Å². The van der Waals surface area contributed by atoms with E-state index in [4.69, 9.17) is 18.9 Å². The molecular formula is C18H24N2O7. The van der Waals surface area contributed by atoms with Crippen LogP contribution in [0.15, 0.2) is 12.1 Å². The third-order valence-corrected chi connectivity index (χ3v) is 3.72. The number of ether oxygens (including phenoxy) is 4. The highest BCUT2D eigenvalue weighted by atomic mass is 16.6. The lowest BCUT2D eigenvalue weighted by Gasteiger charge is -2.21. The van der Waals surface area contributed by atoms with Crippen molar-refractivity contribution in [3.8, 4) is 17.2 Å². The van der Waals surface area contributed by atoms with Gasteiger partial charge in [-0.05, 0) is 25.5 Å². The first-order valence-electron chi connectivity index (χ1n) is 8.68. The van der Waals surface area contributed by atoms with Gasteiger partial charge in [-0.15, -0.1) is 0 Å². The number of rotatable bonds is 8. The number of methoxy groups -OCH3 is 1. The molecule has 0 aliphatic carbocycles. The summed E-state index contributed by atoms with van der Waals surface area (Å²) in [6.45, 7) is 4.24. The Morgan fingerprint density at radius 2 is 1.96 bits per heavy atom. The molecule has 0 spiro atoms. The maximum absolute atomic E-state index is 12.2. The quantitative estimate of drug-likeness (QED) is 0.637. The number of carbonyl (C=O) groups excluding carboxylic acids is 3. The molecule has 0 fully saturated rings. The third kappa shape index (κ3) is 5.50. The molecule has 2 rings (SSSR count). The molecule has 0 unspecified atom stereocenters. The molecule has 1 aromatic carbocycles. The lowest BCUT2D eigenvalue weighted by molar-refractivity contribution is -0.130. The van der Waals surface area contributed by atoms with Gasteiger partial charge < -0.3 is 29.6 Å². The number of carbonyl (C=O) groups is 3. The van der Waals surface area contributed by atoms with Gasteiger partial charge in [0.2, 0.25) is 11.7 Å². The number of hydrogen-bond donors (Lipinski definition) is 2. The second-order valence-corrected chi connectivity index (χ2v) is 5.86. The lowest BCUT2D eigenvalue weighted by atomic mass is 10.1. The Morgan fingerprint density at radius 3 is 2.67 bits per heavy atom. The van der Waals surface area contributed by atoms with Crippen molar-refractivity contribution < 1.29 is 33.3 Å². The van der Waals surface area contributed by atoms with E-state index >= 15 is 0 Å². The average Bonchev–Trinajstić information content (AvgIpc) is 2.69. The molecule has 1 aliphatic rings. The highest BCUT2D eigenvalue weighted by Gasteiger charge is 2.22. The van der Waals surface area contributed by atoms with Crippen LogP contribution in [0.1, 0.15) is 30.6 Å².